The number of hydrogen-bond donors (Lipinski definition) is 0. The van der Waals surface area contributed by atoms with Crippen LogP contribution in [0.25, 0.3) is 0 Å². The van der Waals surface area contributed by atoms with Crippen molar-refractivity contribution in [2.75, 3.05) is 7.11 Å². The van der Waals surface area contributed by atoms with Gasteiger partial charge in [0.1, 0.15) is 0 Å². The van der Waals surface area contributed by atoms with E-state index in [4.69, 9.17) is 4.74 Å². The second-order valence-corrected chi connectivity index (χ2v) is 5.69. The van der Waals surface area contributed by atoms with Gasteiger partial charge in [-0.15, -0.1) is 5.10 Å². The standard InChI is InChI=1S/C16H17N5O3S/c1-3-4-5-6-7-10-20-16(17-18-19-20)25-12-13-8-9-15(24-2)14(11-13)21(22)23/h3-9,11H,1,10,12H2,2H3/b5-4-,7-6-. The van der Waals surface area contributed by atoms with Crippen LogP contribution in [-0.2, 0) is 12.3 Å². The minimum atomic E-state index is -0.460. The molecule has 0 spiro atoms. The molecule has 0 radical (unpaired) electrons. The van der Waals surface area contributed by atoms with Gasteiger partial charge in [-0.2, -0.15) is 0 Å². The largest absolute Gasteiger partial charge is 0.490 e. The van der Waals surface area contributed by atoms with Crippen molar-refractivity contribution in [3.05, 3.63) is 70.8 Å². The zero-order valence-corrected chi connectivity index (χ0v) is 14.4. The predicted molar refractivity (Wildman–Crippen MR) is 95.5 cm³/mol. The predicted octanol–water partition coefficient (Wildman–Crippen LogP) is 3.18. The zero-order chi connectivity index (χ0) is 18.1. The molecule has 0 bridgehead atoms. The number of thioether (sulfide) groups is 1. The van der Waals surface area contributed by atoms with E-state index >= 15 is 0 Å². The Kier molecular flexibility index (Phi) is 6.90. The fraction of sp³-hybridized carbons (Fsp3) is 0.188. The summed E-state index contributed by atoms with van der Waals surface area (Å²) in [7, 11) is 1.41. The van der Waals surface area contributed by atoms with Gasteiger partial charge < -0.3 is 4.74 Å². The van der Waals surface area contributed by atoms with Crippen LogP contribution in [-0.4, -0.2) is 32.2 Å². The fourth-order valence-corrected chi connectivity index (χ4v) is 2.74. The summed E-state index contributed by atoms with van der Waals surface area (Å²) >= 11 is 1.40. The van der Waals surface area contributed by atoms with E-state index in [1.807, 2.05) is 24.3 Å². The van der Waals surface area contributed by atoms with E-state index in [1.165, 1.54) is 24.9 Å². The van der Waals surface area contributed by atoms with Crippen molar-refractivity contribution in [3.8, 4) is 5.75 Å². The number of hydrogen-bond acceptors (Lipinski definition) is 7. The van der Waals surface area contributed by atoms with Crippen LogP contribution in [0.4, 0.5) is 5.69 Å². The monoisotopic (exact) mass is 359 g/mol. The van der Waals surface area contributed by atoms with E-state index in [9.17, 15) is 10.1 Å². The maximum Gasteiger partial charge on any atom is 0.311 e. The van der Waals surface area contributed by atoms with E-state index in [-0.39, 0.29) is 11.4 Å². The van der Waals surface area contributed by atoms with Crippen LogP contribution in [0.5, 0.6) is 5.75 Å². The van der Waals surface area contributed by atoms with E-state index < -0.39 is 4.92 Å². The zero-order valence-electron chi connectivity index (χ0n) is 13.6. The minimum absolute atomic E-state index is 0.0582. The van der Waals surface area contributed by atoms with Crippen molar-refractivity contribution in [2.24, 2.45) is 0 Å². The molecule has 0 saturated heterocycles. The van der Waals surface area contributed by atoms with Gasteiger partial charge in [-0.05, 0) is 22.1 Å². The van der Waals surface area contributed by atoms with Crippen LogP contribution in [0, 0.1) is 10.1 Å². The first-order chi connectivity index (χ1) is 12.2. The van der Waals surface area contributed by atoms with Gasteiger partial charge in [0, 0.05) is 11.8 Å². The summed E-state index contributed by atoms with van der Waals surface area (Å²) in [4.78, 5) is 10.6. The number of benzene rings is 1. The van der Waals surface area contributed by atoms with Crippen LogP contribution in [0.15, 0.2) is 60.3 Å². The normalized spacial score (nSPS) is 11.2. The molecule has 2 aromatic rings. The number of ether oxygens (including phenoxy) is 1. The highest BCUT2D eigenvalue weighted by Gasteiger charge is 2.15. The quantitative estimate of drug-likeness (QED) is 0.293. The van der Waals surface area contributed by atoms with Crippen LogP contribution in [0.2, 0.25) is 0 Å². The lowest BCUT2D eigenvalue weighted by atomic mass is 10.2. The molecule has 1 aromatic heterocycles. The Hall–Kier alpha value is -2.94. The summed E-state index contributed by atoms with van der Waals surface area (Å²) in [5.74, 6) is 0.743. The summed E-state index contributed by atoms with van der Waals surface area (Å²) in [6.45, 7) is 4.12. The molecule has 25 heavy (non-hydrogen) atoms. The van der Waals surface area contributed by atoms with Crippen molar-refractivity contribution >= 4 is 17.4 Å². The summed E-state index contributed by atoms with van der Waals surface area (Å²) < 4.78 is 6.65. The maximum atomic E-state index is 11.1. The first-order valence-corrected chi connectivity index (χ1v) is 8.28. The minimum Gasteiger partial charge on any atom is -0.490 e. The first kappa shape index (κ1) is 18.4. The molecule has 130 valence electrons. The maximum absolute atomic E-state index is 11.1. The van der Waals surface area contributed by atoms with Crippen molar-refractivity contribution < 1.29 is 9.66 Å². The Balaban J connectivity index is 2.02. The van der Waals surface area contributed by atoms with Gasteiger partial charge in [-0.1, -0.05) is 54.8 Å². The highest BCUT2D eigenvalue weighted by atomic mass is 32.2. The Morgan fingerprint density at radius 2 is 2.24 bits per heavy atom. The molecule has 0 aliphatic rings. The first-order valence-electron chi connectivity index (χ1n) is 7.30. The number of nitro benzene ring substituents is 1. The Morgan fingerprint density at radius 1 is 1.40 bits per heavy atom. The third-order valence-corrected chi connectivity index (χ3v) is 4.11. The van der Waals surface area contributed by atoms with Crippen LogP contribution in [0.3, 0.4) is 0 Å². The Morgan fingerprint density at radius 3 is 2.96 bits per heavy atom. The Bertz CT molecular complexity index is 801. The van der Waals surface area contributed by atoms with Gasteiger partial charge in [0.25, 0.3) is 0 Å². The van der Waals surface area contributed by atoms with E-state index in [1.54, 1.807) is 22.9 Å². The third kappa shape index (κ3) is 5.28. The molecular formula is C16H17N5O3S. The fourth-order valence-electron chi connectivity index (χ4n) is 1.91. The average molecular weight is 359 g/mol. The second kappa shape index (κ2) is 9.38. The highest BCUT2D eigenvalue weighted by Crippen LogP contribution is 2.30. The molecule has 1 aromatic carbocycles. The number of aromatic nitrogens is 4. The van der Waals surface area contributed by atoms with Crippen molar-refractivity contribution in [1.82, 2.24) is 20.2 Å². The number of nitrogens with zero attached hydrogens (tertiary/aromatic N) is 5. The van der Waals surface area contributed by atoms with Gasteiger partial charge in [0.2, 0.25) is 5.16 Å². The van der Waals surface area contributed by atoms with Gasteiger partial charge in [-0.3, -0.25) is 10.1 Å². The van der Waals surface area contributed by atoms with E-state index in [0.717, 1.165) is 5.56 Å². The number of nitro groups is 1. The summed E-state index contributed by atoms with van der Waals surface area (Å²) in [5.41, 5.74) is 0.730. The van der Waals surface area contributed by atoms with Crippen molar-refractivity contribution in [3.63, 3.8) is 0 Å². The summed E-state index contributed by atoms with van der Waals surface area (Å²) in [6.07, 6.45) is 9.17. The van der Waals surface area contributed by atoms with Gasteiger partial charge in [-0.25, -0.2) is 4.68 Å². The van der Waals surface area contributed by atoms with Gasteiger partial charge >= 0.3 is 5.69 Å². The van der Waals surface area contributed by atoms with Crippen LogP contribution < -0.4 is 4.74 Å². The van der Waals surface area contributed by atoms with E-state index in [2.05, 4.69) is 22.1 Å². The lowest BCUT2D eigenvalue weighted by Crippen LogP contribution is -2.00. The third-order valence-electron chi connectivity index (χ3n) is 3.08. The molecule has 0 unspecified atom stereocenters. The molecule has 0 aliphatic carbocycles. The van der Waals surface area contributed by atoms with Crippen molar-refractivity contribution in [2.45, 2.75) is 17.5 Å². The lowest BCUT2D eigenvalue weighted by Gasteiger charge is -2.05. The molecule has 9 heteroatoms. The molecule has 8 nitrogen and oxygen atoms in total. The van der Waals surface area contributed by atoms with Crippen LogP contribution >= 0.6 is 11.8 Å². The SMILES string of the molecule is C=C/C=C\C=C/Cn1nnnc1SCc1ccc(OC)c([N+](=O)[O-])c1. The number of allylic oxidation sites excluding steroid dienone is 5. The smallest absolute Gasteiger partial charge is 0.311 e. The van der Waals surface area contributed by atoms with Crippen molar-refractivity contribution in [1.29, 1.82) is 0 Å². The highest BCUT2D eigenvalue weighted by molar-refractivity contribution is 7.98. The lowest BCUT2D eigenvalue weighted by molar-refractivity contribution is -0.385. The number of methoxy groups -OCH3 is 1. The summed E-state index contributed by atoms with van der Waals surface area (Å²) in [6, 6.07) is 4.87. The van der Waals surface area contributed by atoms with Gasteiger partial charge in [0.15, 0.2) is 5.75 Å². The number of rotatable bonds is 9. The molecule has 0 amide bonds. The average Bonchev–Trinajstić information content (AvgIpc) is 3.07. The molecule has 0 atom stereocenters. The topological polar surface area (TPSA) is 96.0 Å². The molecule has 0 saturated carbocycles. The molecular weight excluding hydrogens is 342 g/mol. The Labute approximate surface area is 149 Å². The molecule has 1 heterocycles. The molecule has 0 N–H and O–H groups in total. The second-order valence-electron chi connectivity index (χ2n) is 4.74. The van der Waals surface area contributed by atoms with Crippen LogP contribution in [0.1, 0.15) is 5.56 Å². The molecule has 2 rings (SSSR count). The number of tetrazole rings is 1. The molecule has 0 fully saturated rings. The summed E-state index contributed by atoms with van der Waals surface area (Å²) in [5, 5.41) is 23.3. The van der Waals surface area contributed by atoms with Gasteiger partial charge in [0.05, 0.1) is 18.6 Å². The molecule has 0 aliphatic heterocycles. The van der Waals surface area contributed by atoms with E-state index in [0.29, 0.717) is 17.5 Å².